The quantitative estimate of drug-likeness (QED) is 0.513. The summed E-state index contributed by atoms with van der Waals surface area (Å²) >= 11 is 0. The Labute approximate surface area is 204 Å². The van der Waals surface area contributed by atoms with Gasteiger partial charge in [-0.1, -0.05) is 35.5 Å². The van der Waals surface area contributed by atoms with Crippen molar-refractivity contribution in [2.24, 2.45) is 0 Å². The van der Waals surface area contributed by atoms with E-state index in [1.54, 1.807) is 31.4 Å². The van der Waals surface area contributed by atoms with Crippen LogP contribution in [0, 0.1) is 0 Å². The number of ether oxygens (including phenoxy) is 3. The summed E-state index contributed by atoms with van der Waals surface area (Å²) in [6.07, 6.45) is 1.52. The minimum absolute atomic E-state index is 0.0860. The molecule has 2 N–H and O–H groups in total. The molecule has 4 atom stereocenters. The lowest BCUT2D eigenvalue weighted by atomic mass is 10.1. The Bertz CT molecular complexity index is 1120. The van der Waals surface area contributed by atoms with Crippen LogP contribution in [0.1, 0.15) is 17.3 Å². The van der Waals surface area contributed by atoms with Gasteiger partial charge in [-0.25, -0.2) is 9.48 Å². The Morgan fingerprint density at radius 2 is 1.86 bits per heavy atom. The monoisotopic (exact) mass is 478 g/mol. The van der Waals surface area contributed by atoms with Crippen LogP contribution in [-0.2, 0) is 22.6 Å². The number of carbonyl (C=O) groups is 1. The number of aromatic nitrogens is 3. The van der Waals surface area contributed by atoms with E-state index in [9.17, 15) is 4.79 Å². The van der Waals surface area contributed by atoms with Crippen LogP contribution >= 0.6 is 0 Å². The largest absolute Gasteiger partial charge is 0.497 e. The maximum Gasteiger partial charge on any atom is 0.319 e. The van der Waals surface area contributed by atoms with Crippen molar-refractivity contribution in [2.75, 3.05) is 32.7 Å². The number of nitrogens with zero attached hydrogens (tertiary/aromatic N) is 4. The molecule has 10 nitrogen and oxygen atoms in total. The van der Waals surface area contributed by atoms with Crippen molar-refractivity contribution in [3.8, 4) is 5.75 Å². The molecule has 2 fully saturated rings. The van der Waals surface area contributed by atoms with E-state index in [0.29, 0.717) is 25.4 Å². The minimum Gasteiger partial charge on any atom is -0.497 e. The van der Waals surface area contributed by atoms with Gasteiger partial charge in [-0.3, -0.25) is 4.90 Å². The molecule has 184 valence electrons. The molecule has 2 aliphatic rings. The third kappa shape index (κ3) is 5.45. The Balaban J connectivity index is 1.14. The van der Waals surface area contributed by atoms with Gasteiger partial charge in [0.25, 0.3) is 0 Å². The molecule has 0 radical (unpaired) electrons. The second kappa shape index (κ2) is 10.4. The first-order valence-corrected chi connectivity index (χ1v) is 11.7. The fourth-order valence-corrected chi connectivity index (χ4v) is 4.62. The summed E-state index contributed by atoms with van der Waals surface area (Å²) < 4.78 is 19.0. The van der Waals surface area contributed by atoms with E-state index in [0.717, 1.165) is 18.0 Å². The maximum absolute atomic E-state index is 12.5. The minimum atomic E-state index is -0.305. The highest BCUT2D eigenvalue weighted by Crippen LogP contribution is 2.34. The molecule has 3 heterocycles. The van der Waals surface area contributed by atoms with Gasteiger partial charge in [-0.05, 0) is 36.9 Å². The molecule has 1 aromatic heterocycles. The van der Waals surface area contributed by atoms with E-state index in [1.807, 2.05) is 29.1 Å². The van der Waals surface area contributed by atoms with Crippen LogP contribution in [0.15, 0.2) is 60.8 Å². The van der Waals surface area contributed by atoms with Crippen LogP contribution in [0.25, 0.3) is 0 Å². The van der Waals surface area contributed by atoms with Crippen LogP contribution < -0.4 is 15.4 Å². The molecular weight excluding hydrogens is 448 g/mol. The van der Waals surface area contributed by atoms with Crippen LogP contribution in [0.5, 0.6) is 5.75 Å². The van der Waals surface area contributed by atoms with Crippen molar-refractivity contribution >= 4 is 11.7 Å². The van der Waals surface area contributed by atoms with Crippen molar-refractivity contribution in [3.05, 3.63) is 72.1 Å². The standard InChI is InChI=1S/C25H30N6O4/c1-30(12-17-6-4-3-5-7-17)13-19-14-31(29-28-19)22-16-35-23-21(15-34-24(22)23)27-25(32)26-18-8-10-20(33-2)11-9-18/h3-11,14,21-24H,12-13,15-16H2,1-2H3,(H2,26,27,32). The summed E-state index contributed by atoms with van der Waals surface area (Å²) in [4.78, 5) is 14.7. The van der Waals surface area contributed by atoms with Crippen molar-refractivity contribution < 1.29 is 19.0 Å². The number of carbonyl (C=O) groups excluding carboxylic acids is 1. The van der Waals surface area contributed by atoms with Crippen molar-refractivity contribution in [3.63, 3.8) is 0 Å². The number of urea groups is 1. The summed E-state index contributed by atoms with van der Waals surface area (Å²) in [6, 6.07) is 16.9. The smallest absolute Gasteiger partial charge is 0.319 e. The van der Waals surface area contributed by atoms with E-state index < -0.39 is 0 Å². The zero-order valence-electron chi connectivity index (χ0n) is 19.8. The highest BCUT2D eigenvalue weighted by atomic mass is 16.6. The molecule has 2 aliphatic heterocycles. The first-order chi connectivity index (χ1) is 17.1. The van der Waals surface area contributed by atoms with Gasteiger partial charge in [-0.15, -0.1) is 5.10 Å². The van der Waals surface area contributed by atoms with Crippen LogP contribution in [0.3, 0.4) is 0 Å². The molecule has 5 rings (SSSR count). The molecule has 35 heavy (non-hydrogen) atoms. The molecule has 0 spiro atoms. The van der Waals surface area contributed by atoms with Gasteiger partial charge in [0.1, 0.15) is 24.0 Å². The van der Waals surface area contributed by atoms with Gasteiger partial charge in [-0.2, -0.15) is 0 Å². The van der Waals surface area contributed by atoms with Crippen molar-refractivity contribution in [1.29, 1.82) is 0 Å². The number of fused-ring (bicyclic) bond motifs is 1. The topological polar surface area (TPSA) is 103 Å². The molecule has 10 heteroatoms. The lowest BCUT2D eigenvalue weighted by Gasteiger charge is -2.18. The van der Waals surface area contributed by atoms with Gasteiger partial charge in [0, 0.05) is 18.8 Å². The second-order valence-corrected chi connectivity index (χ2v) is 8.94. The lowest BCUT2D eigenvalue weighted by Crippen LogP contribution is -2.45. The number of hydrogen-bond acceptors (Lipinski definition) is 7. The van der Waals surface area contributed by atoms with E-state index in [4.69, 9.17) is 14.2 Å². The number of benzene rings is 2. The predicted octanol–water partition coefficient (Wildman–Crippen LogP) is 2.45. The van der Waals surface area contributed by atoms with Crippen LogP contribution in [-0.4, -0.2) is 71.5 Å². The van der Waals surface area contributed by atoms with E-state index >= 15 is 0 Å². The number of rotatable bonds is 8. The lowest BCUT2D eigenvalue weighted by molar-refractivity contribution is 0.0622. The summed E-state index contributed by atoms with van der Waals surface area (Å²) in [6.45, 7) is 2.35. The Morgan fingerprint density at radius 3 is 2.63 bits per heavy atom. The summed E-state index contributed by atoms with van der Waals surface area (Å²) in [5.41, 5.74) is 2.82. The number of hydrogen-bond donors (Lipinski definition) is 2. The zero-order chi connectivity index (χ0) is 24.2. The van der Waals surface area contributed by atoms with Crippen LogP contribution in [0.2, 0.25) is 0 Å². The second-order valence-electron chi connectivity index (χ2n) is 8.94. The third-order valence-corrected chi connectivity index (χ3v) is 6.32. The Morgan fingerprint density at radius 1 is 1.09 bits per heavy atom. The molecule has 2 saturated heterocycles. The average molecular weight is 479 g/mol. The first-order valence-electron chi connectivity index (χ1n) is 11.7. The highest BCUT2D eigenvalue weighted by molar-refractivity contribution is 5.89. The predicted molar refractivity (Wildman–Crippen MR) is 129 cm³/mol. The van der Waals surface area contributed by atoms with E-state index in [2.05, 4.69) is 45.0 Å². The third-order valence-electron chi connectivity index (χ3n) is 6.32. The Hall–Kier alpha value is -3.47. The van der Waals surface area contributed by atoms with E-state index in [1.165, 1.54) is 5.56 Å². The number of nitrogens with one attached hydrogen (secondary N) is 2. The molecule has 2 amide bonds. The summed E-state index contributed by atoms with van der Waals surface area (Å²) in [5, 5.41) is 14.5. The highest BCUT2D eigenvalue weighted by Gasteiger charge is 2.49. The van der Waals surface area contributed by atoms with Gasteiger partial charge in [0.2, 0.25) is 0 Å². The van der Waals surface area contributed by atoms with Crippen molar-refractivity contribution in [2.45, 2.75) is 37.4 Å². The van der Waals surface area contributed by atoms with Gasteiger partial charge < -0.3 is 24.8 Å². The normalized spacial score (nSPS) is 23.3. The number of anilines is 1. The summed E-state index contributed by atoms with van der Waals surface area (Å²) in [5.74, 6) is 0.729. The number of amides is 2. The van der Waals surface area contributed by atoms with E-state index in [-0.39, 0.29) is 30.3 Å². The maximum atomic E-state index is 12.5. The molecule has 4 unspecified atom stereocenters. The van der Waals surface area contributed by atoms with Gasteiger partial charge >= 0.3 is 6.03 Å². The molecule has 3 aromatic rings. The molecule has 0 bridgehead atoms. The fraction of sp³-hybridized carbons (Fsp3) is 0.400. The van der Waals surface area contributed by atoms with Crippen molar-refractivity contribution in [1.82, 2.24) is 25.2 Å². The fourth-order valence-electron chi connectivity index (χ4n) is 4.62. The SMILES string of the molecule is COc1ccc(NC(=O)NC2COC3C2OCC3n2cc(CN(C)Cc3ccccc3)nn2)cc1. The zero-order valence-corrected chi connectivity index (χ0v) is 19.8. The molecule has 0 saturated carbocycles. The molecule has 2 aromatic carbocycles. The average Bonchev–Trinajstić information content (AvgIpc) is 3.58. The first kappa shape index (κ1) is 23.3. The summed E-state index contributed by atoms with van der Waals surface area (Å²) in [7, 11) is 3.67. The Kier molecular flexibility index (Phi) is 6.94. The van der Waals surface area contributed by atoms with Crippen LogP contribution in [0.4, 0.5) is 10.5 Å². The number of methoxy groups -OCH3 is 1. The van der Waals surface area contributed by atoms with Gasteiger partial charge in [0.15, 0.2) is 0 Å². The van der Waals surface area contributed by atoms with Gasteiger partial charge in [0.05, 0.1) is 38.3 Å². The molecule has 0 aliphatic carbocycles. The molecular formula is C25H30N6O4.